The van der Waals surface area contributed by atoms with Gasteiger partial charge in [0.05, 0.1) is 17.8 Å². The van der Waals surface area contributed by atoms with Gasteiger partial charge in [-0.25, -0.2) is 4.98 Å². The van der Waals surface area contributed by atoms with Crippen LogP contribution in [0.1, 0.15) is 44.4 Å². The monoisotopic (exact) mass is 256 g/mol. The second kappa shape index (κ2) is 4.97. The molecule has 1 aliphatic heterocycles. The van der Waals surface area contributed by atoms with Gasteiger partial charge in [0, 0.05) is 13.7 Å². The number of oxazole rings is 1. The second-order valence-corrected chi connectivity index (χ2v) is 5.38. The van der Waals surface area contributed by atoms with E-state index in [-0.39, 0.29) is 11.5 Å². The van der Waals surface area contributed by atoms with Gasteiger partial charge >= 0.3 is 0 Å². The summed E-state index contributed by atoms with van der Waals surface area (Å²) >= 11 is 0. The average molecular weight is 256 g/mol. The van der Waals surface area contributed by atoms with E-state index in [4.69, 9.17) is 13.9 Å². The topological polar surface area (TPSA) is 68.0 Å². The van der Waals surface area contributed by atoms with Gasteiger partial charge in [0.1, 0.15) is 12.5 Å². The third-order valence-electron chi connectivity index (χ3n) is 2.65. The van der Waals surface area contributed by atoms with Gasteiger partial charge in [0.2, 0.25) is 6.29 Å². The Kier molecular flexibility index (Phi) is 3.72. The van der Waals surface area contributed by atoms with Crippen molar-refractivity contribution in [1.29, 1.82) is 0 Å². The molecule has 1 aromatic heterocycles. The lowest BCUT2D eigenvalue weighted by Crippen LogP contribution is -2.28. The quantitative estimate of drug-likeness (QED) is 0.821. The minimum absolute atomic E-state index is 0.158. The maximum absolute atomic E-state index is 9.45. The van der Waals surface area contributed by atoms with Crippen LogP contribution in [0, 0.1) is 0 Å². The summed E-state index contributed by atoms with van der Waals surface area (Å²) in [5.74, 6) is 0.998. The van der Waals surface area contributed by atoms with Crippen molar-refractivity contribution in [1.82, 2.24) is 9.88 Å². The Labute approximate surface area is 107 Å². The van der Waals surface area contributed by atoms with Crippen LogP contribution in [-0.4, -0.2) is 34.4 Å². The number of aromatic nitrogens is 1. The molecule has 0 spiro atoms. The van der Waals surface area contributed by atoms with E-state index in [1.54, 1.807) is 0 Å². The fraction of sp³-hybridized carbons (Fsp3) is 0.750. The van der Waals surface area contributed by atoms with Crippen LogP contribution >= 0.6 is 0 Å². The SMILES string of the molecule is COC(O)c1nc2c(o1)CN(COC(C)(C)C)C2. The highest BCUT2D eigenvalue weighted by Gasteiger charge is 2.28. The molecule has 0 aliphatic carbocycles. The van der Waals surface area contributed by atoms with Crippen LogP contribution in [0.4, 0.5) is 0 Å². The first-order valence-corrected chi connectivity index (χ1v) is 5.94. The highest BCUT2D eigenvalue weighted by Crippen LogP contribution is 2.26. The number of hydrogen-bond donors (Lipinski definition) is 1. The maximum atomic E-state index is 9.45. The van der Waals surface area contributed by atoms with E-state index < -0.39 is 6.29 Å². The lowest BCUT2D eigenvalue weighted by atomic mass is 10.2. The average Bonchev–Trinajstić information content (AvgIpc) is 2.81. The summed E-state index contributed by atoms with van der Waals surface area (Å²) in [6.45, 7) is 7.92. The van der Waals surface area contributed by atoms with E-state index in [0.29, 0.717) is 19.8 Å². The van der Waals surface area contributed by atoms with Crippen LogP contribution < -0.4 is 0 Å². The molecule has 1 aliphatic rings. The van der Waals surface area contributed by atoms with Crippen LogP contribution in [0.3, 0.4) is 0 Å². The Bertz CT molecular complexity index is 387. The number of aliphatic hydroxyl groups excluding tert-OH is 1. The van der Waals surface area contributed by atoms with Crippen molar-refractivity contribution in [3.05, 3.63) is 17.3 Å². The van der Waals surface area contributed by atoms with Crippen LogP contribution in [0.2, 0.25) is 0 Å². The summed E-state index contributed by atoms with van der Waals surface area (Å²) in [6, 6.07) is 0. The highest BCUT2D eigenvalue weighted by molar-refractivity contribution is 5.14. The van der Waals surface area contributed by atoms with Gasteiger partial charge in [-0.05, 0) is 20.8 Å². The van der Waals surface area contributed by atoms with Crippen molar-refractivity contribution in [2.24, 2.45) is 0 Å². The van der Waals surface area contributed by atoms with E-state index in [9.17, 15) is 5.11 Å². The molecule has 2 heterocycles. The number of hydrogen-bond acceptors (Lipinski definition) is 6. The predicted molar refractivity (Wildman–Crippen MR) is 63.4 cm³/mol. The molecule has 0 aromatic carbocycles. The molecule has 1 atom stereocenters. The first kappa shape index (κ1) is 13.5. The largest absolute Gasteiger partial charge is 0.439 e. The highest BCUT2D eigenvalue weighted by atomic mass is 16.6. The smallest absolute Gasteiger partial charge is 0.252 e. The number of aliphatic hydroxyl groups is 1. The summed E-state index contributed by atoms with van der Waals surface area (Å²) in [4.78, 5) is 6.31. The Hall–Kier alpha value is -0.950. The van der Waals surface area contributed by atoms with Crippen LogP contribution in [0.15, 0.2) is 4.42 Å². The zero-order valence-corrected chi connectivity index (χ0v) is 11.3. The molecule has 1 N–H and O–H groups in total. The zero-order chi connectivity index (χ0) is 13.3. The predicted octanol–water partition coefficient (Wildman–Crippen LogP) is 1.40. The van der Waals surface area contributed by atoms with Crippen molar-refractivity contribution in [3.8, 4) is 0 Å². The second-order valence-electron chi connectivity index (χ2n) is 5.38. The van der Waals surface area contributed by atoms with Crippen molar-refractivity contribution >= 4 is 0 Å². The third kappa shape index (κ3) is 3.08. The van der Waals surface area contributed by atoms with Crippen molar-refractivity contribution < 1.29 is 19.0 Å². The van der Waals surface area contributed by atoms with Crippen molar-refractivity contribution in [2.75, 3.05) is 13.8 Å². The molecule has 0 saturated carbocycles. The standard InChI is InChI=1S/C12H20N2O4/c1-12(2,3)17-7-14-5-8-9(6-14)18-10(13-8)11(15)16-4/h11,15H,5-7H2,1-4H3. The molecule has 1 aromatic rings. The van der Waals surface area contributed by atoms with Gasteiger partial charge in [-0.1, -0.05) is 0 Å². The van der Waals surface area contributed by atoms with Gasteiger partial charge in [0.25, 0.3) is 5.89 Å². The summed E-state index contributed by atoms with van der Waals surface area (Å²) in [6.07, 6.45) is -1.09. The number of fused-ring (bicyclic) bond motifs is 1. The lowest BCUT2D eigenvalue weighted by molar-refractivity contribution is -0.0956. The normalized spacial score (nSPS) is 18.1. The molecule has 1 unspecified atom stereocenters. The first-order chi connectivity index (χ1) is 8.39. The molecule has 2 rings (SSSR count). The Balaban J connectivity index is 1.92. The van der Waals surface area contributed by atoms with E-state index in [2.05, 4.69) is 9.88 Å². The number of methoxy groups -OCH3 is 1. The Morgan fingerprint density at radius 2 is 2.17 bits per heavy atom. The fourth-order valence-corrected chi connectivity index (χ4v) is 1.70. The zero-order valence-electron chi connectivity index (χ0n) is 11.3. The maximum Gasteiger partial charge on any atom is 0.252 e. The summed E-state index contributed by atoms with van der Waals surface area (Å²) in [7, 11) is 1.41. The molecule has 0 amide bonds. The molecule has 102 valence electrons. The molecule has 6 nitrogen and oxygen atoms in total. The van der Waals surface area contributed by atoms with E-state index >= 15 is 0 Å². The Morgan fingerprint density at radius 1 is 1.44 bits per heavy atom. The third-order valence-corrected chi connectivity index (χ3v) is 2.65. The molecular weight excluding hydrogens is 236 g/mol. The van der Waals surface area contributed by atoms with E-state index in [1.165, 1.54) is 7.11 Å². The van der Waals surface area contributed by atoms with Gasteiger partial charge in [-0.2, -0.15) is 0 Å². The molecule has 0 fully saturated rings. The van der Waals surface area contributed by atoms with Crippen molar-refractivity contribution in [3.63, 3.8) is 0 Å². The summed E-state index contributed by atoms with van der Waals surface area (Å²) in [5, 5.41) is 9.45. The van der Waals surface area contributed by atoms with Crippen molar-refractivity contribution in [2.45, 2.75) is 45.8 Å². The molecular formula is C12H20N2O4. The van der Waals surface area contributed by atoms with Crippen LogP contribution in [0.5, 0.6) is 0 Å². The van der Waals surface area contributed by atoms with Gasteiger partial charge < -0.3 is 19.0 Å². The molecule has 0 bridgehead atoms. The summed E-state index contributed by atoms with van der Waals surface area (Å²) in [5.41, 5.74) is 0.688. The van der Waals surface area contributed by atoms with E-state index in [1.807, 2.05) is 20.8 Å². The van der Waals surface area contributed by atoms with Gasteiger partial charge in [-0.3, -0.25) is 4.90 Å². The van der Waals surface area contributed by atoms with Gasteiger partial charge in [-0.15, -0.1) is 0 Å². The Morgan fingerprint density at radius 3 is 2.72 bits per heavy atom. The number of ether oxygens (including phenoxy) is 2. The van der Waals surface area contributed by atoms with E-state index in [0.717, 1.165) is 11.5 Å². The number of nitrogens with zero attached hydrogens (tertiary/aromatic N) is 2. The minimum atomic E-state index is -1.09. The first-order valence-electron chi connectivity index (χ1n) is 5.94. The molecule has 18 heavy (non-hydrogen) atoms. The molecule has 0 radical (unpaired) electrons. The molecule has 6 heteroatoms. The number of rotatable bonds is 4. The van der Waals surface area contributed by atoms with Gasteiger partial charge in [0.15, 0.2) is 0 Å². The fourth-order valence-electron chi connectivity index (χ4n) is 1.70. The molecule has 0 saturated heterocycles. The lowest BCUT2D eigenvalue weighted by Gasteiger charge is -2.23. The summed E-state index contributed by atoms with van der Waals surface area (Å²) < 4.78 is 15.9. The minimum Gasteiger partial charge on any atom is -0.439 e. The van der Waals surface area contributed by atoms with Crippen LogP contribution in [-0.2, 0) is 22.6 Å². The van der Waals surface area contributed by atoms with Crippen LogP contribution in [0.25, 0.3) is 0 Å².